The molecule has 48 valence electrons. The van der Waals surface area contributed by atoms with Crippen molar-refractivity contribution >= 4 is 0 Å². The van der Waals surface area contributed by atoms with Gasteiger partial charge in [-0.25, -0.2) is 0 Å². The molecular formula is C7H10N2. The van der Waals surface area contributed by atoms with Gasteiger partial charge >= 0.3 is 0 Å². The van der Waals surface area contributed by atoms with E-state index in [0.29, 0.717) is 0 Å². The van der Waals surface area contributed by atoms with Gasteiger partial charge in [0.05, 0.1) is 6.07 Å². The summed E-state index contributed by atoms with van der Waals surface area (Å²) in [6.07, 6.45) is 5.07. The molecule has 0 amide bonds. The Bertz CT molecular complexity index is 164. The van der Waals surface area contributed by atoms with E-state index in [1.54, 1.807) is 0 Å². The first-order valence-electron chi connectivity index (χ1n) is 3.20. The van der Waals surface area contributed by atoms with Crippen molar-refractivity contribution in [2.45, 2.75) is 25.3 Å². The number of hydrogen-bond donors (Lipinski definition) is 1. The van der Waals surface area contributed by atoms with Gasteiger partial charge in [-0.3, -0.25) is 0 Å². The fraction of sp³-hybridized carbons (Fsp3) is 0.571. The Hall–Kier alpha value is -0.810. The maximum atomic E-state index is 8.46. The smallest absolute Gasteiger partial charge is 0.0960 e. The van der Waals surface area contributed by atoms with Crippen LogP contribution in [0.15, 0.2) is 11.6 Å². The summed E-state index contributed by atoms with van der Waals surface area (Å²) < 4.78 is 0. The first-order chi connectivity index (χ1) is 4.34. The molecule has 1 aliphatic carbocycles. The van der Waals surface area contributed by atoms with Crippen LogP contribution in [0, 0.1) is 11.3 Å². The van der Waals surface area contributed by atoms with Gasteiger partial charge in [-0.1, -0.05) is 6.08 Å². The topological polar surface area (TPSA) is 49.8 Å². The van der Waals surface area contributed by atoms with E-state index in [1.165, 1.54) is 0 Å². The van der Waals surface area contributed by atoms with E-state index in [4.69, 9.17) is 11.0 Å². The standard InChI is InChI=1S/C7H10N2/c8-5-6-3-1-2-4-7(6)9/h3,7H,1-2,4,9H2. The molecule has 2 nitrogen and oxygen atoms in total. The zero-order valence-electron chi connectivity index (χ0n) is 5.30. The van der Waals surface area contributed by atoms with Crippen molar-refractivity contribution in [1.82, 2.24) is 0 Å². The molecule has 0 aromatic rings. The fourth-order valence-corrected chi connectivity index (χ4v) is 1.03. The number of hydrogen-bond acceptors (Lipinski definition) is 2. The van der Waals surface area contributed by atoms with Crippen molar-refractivity contribution in [1.29, 1.82) is 5.26 Å². The van der Waals surface area contributed by atoms with Crippen LogP contribution in [0.5, 0.6) is 0 Å². The fourth-order valence-electron chi connectivity index (χ4n) is 1.03. The highest BCUT2D eigenvalue weighted by molar-refractivity contribution is 5.27. The van der Waals surface area contributed by atoms with Crippen LogP contribution < -0.4 is 5.73 Å². The monoisotopic (exact) mass is 122 g/mol. The Kier molecular flexibility index (Phi) is 1.86. The summed E-state index contributed by atoms with van der Waals surface area (Å²) in [7, 11) is 0. The predicted octanol–water partition coefficient (Wildman–Crippen LogP) is 0.948. The van der Waals surface area contributed by atoms with Gasteiger partial charge in [0.2, 0.25) is 0 Å². The van der Waals surface area contributed by atoms with E-state index in [1.807, 2.05) is 6.08 Å². The van der Waals surface area contributed by atoms with Gasteiger partial charge in [0.1, 0.15) is 0 Å². The molecule has 0 aromatic heterocycles. The summed E-state index contributed by atoms with van der Waals surface area (Å²) in [5.41, 5.74) is 6.36. The minimum atomic E-state index is 0.0174. The zero-order valence-corrected chi connectivity index (χ0v) is 5.30. The average molecular weight is 122 g/mol. The molecule has 0 bridgehead atoms. The van der Waals surface area contributed by atoms with Gasteiger partial charge in [-0.2, -0.15) is 5.26 Å². The van der Waals surface area contributed by atoms with Crippen molar-refractivity contribution < 1.29 is 0 Å². The Morgan fingerprint density at radius 3 is 3.00 bits per heavy atom. The second-order valence-corrected chi connectivity index (χ2v) is 2.31. The van der Waals surface area contributed by atoms with Crippen LogP contribution in [-0.4, -0.2) is 6.04 Å². The van der Waals surface area contributed by atoms with Crippen molar-refractivity contribution in [2.24, 2.45) is 5.73 Å². The molecule has 0 aliphatic heterocycles. The molecule has 0 spiro atoms. The van der Waals surface area contributed by atoms with Gasteiger partial charge < -0.3 is 5.73 Å². The lowest BCUT2D eigenvalue weighted by Gasteiger charge is -2.13. The molecule has 9 heavy (non-hydrogen) atoms. The van der Waals surface area contributed by atoms with Crippen LogP contribution >= 0.6 is 0 Å². The maximum absolute atomic E-state index is 8.46. The lowest BCUT2D eigenvalue weighted by atomic mass is 9.96. The van der Waals surface area contributed by atoms with E-state index in [2.05, 4.69) is 6.07 Å². The van der Waals surface area contributed by atoms with Gasteiger partial charge in [-0.05, 0) is 19.3 Å². The molecule has 0 aromatic carbocycles. The number of rotatable bonds is 0. The maximum Gasteiger partial charge on any atom is 0.0960 e. The lowest BCUT2D eigenvalue weighted by molar-refractivity contribution is 0.627. The zero-order chi connectivity index (χ0) is 6.69. The van der Waals surface area contributed by atoms with Gasteiger partial charge in [0.15, 0.2) is 0 Å². The van der Waals surface area contributed by atoms with Crippen LogP contribution in [0.25, 0.3) is 0 Å². The first-order valence-corrected chi connectivity index (χ1v) is 3.20. The third kappa shape index (κ3) is 1.30. The summed E-state index contributed by atoms with van der Waals surface area (Å²) in [6, 6.07) is 2.11. The van der Waals surface area contributed by atoms with E-state index in [0.717, 1.165) is 24.8 Å². The Morgan fingerprint density at radius 2 is 2.56 bits per heavy atom. The van der Waals surface area contributed by atoms with Gasteiger partial charge in [-0.15, -0.1) is 0 Å². The summed E-state index contributed by atoms with van der Waals surface area (Å²) in [6.45, 7) is 0. The molecule has 1 rings (SSSR count). The largest absolute Gasteiger partial charge is 0.323 e. The Morgan fingerprint density at radius 1 is 1.78 bits per heavy atom. The summed E-state index contributed by atoms with van der Waals surface area (Å²) in [5, 5.41) is 8.46. The average Bonchev–Trinajstić information content (AvgIpc) is 1.89. The van der Waals surface area contributed by atoms with Crippen molar-refractivity contribution in [2.75, 3.05) is 0 Å². The third-order valence-corrected chi connectivity index (χ3v) is 1.61. The highest BCUT2D eigenvalue weighted by atomic mass is 14.6. The third-order valence-electron chi connectivity index (χ3n) is 1.61. The van der Waals surface area contributed by atoms with Gasteiger partial charge in [0.25, 0.3) is 0 Å². The van der Waals surface area contributed by atoms with Gasteiger partial charge in [0, 0.05) is 11.6 Å². The number of nitrogens with two attached hydrogens (primary N) is 1. The highest BCUT2D eigenvalue weighted by Crippen LogP contribution is 2.14. The van der Waals surface area contributed by atoms with E-state index in [-0.39, 0.29) is 6.04 Å². The normalized spacial score (nSPS) is 26.7. The predicted molar refractivity (Wildman–Crippen MR) is 35.5 cm³/mol. The highest BCUT2D eigenvalue weighted by Gasteiger charge is 2.11. The summed E-state index contributed by atoms with van der Waals surface area (Å²) >= 11 is 0. The molecule has 1 unspecified atom stereocenters. The Balaban J connectivity index is 2.67. The molecule has 0 fully saturated rings. The van der Waals surface area contributed by atoms with E-state index >= 15 is 0 Å². The van der Waals surface area contributed by atoms with E-state index in [9.17, 15) is 0 Å². The molecular weight excluding hydrogens is 112 g/mol. The second-order valence-electron chi connectivity index (χ2n) is 2.31. The minimum Gasteiger partial charge on any atom is -0.323 e. The summed E-state index contributed by atoms with van der Waals surface area (Å²) in [4.78, 5) is 0. The Labute approximate surface area is 55.0 Å². The quantitative estimate of drug-likeness (QED) is 0.520. The molecule has 0 radical (unpaired) electrons. The molecule has 1 atom stereocenters. The van der Waals surface area contributed by atoms with Crippen molar-refractivity contribution in [3.8, 4) is 6.07 Å². The number of allylic oxidation sites excluding steroid dienone is 1. The molecule has 0 saturated carbocycles. The lowest BCUT2D eigenvalue weighted by Crippen LogP contribution is -2.23. The van der Waals surface area contributed by atoms with E-state index < -0.39 is 0 Å². The molecule has 0 saturated heterocycles. The van der Waals surface area contributed by atoms with Crippen LogP contribution in [0.3, 0.4) is 0 Å². The number of nitriles is 1. The minimum absolute atomic E-state index is 0.0174. The van der Waals surface area contributed by atoms with Crippen LogP contribution in [0.1, 0.15) is 19.3 Å². The molecule has 1 aliphatic rings. The molecule has 0 heterocycles. The summed E-state index contributed by atoms with van der Waals surface area (Å²) in [5.74, 6) is 0. The number of nitrogens with zero attached hydrogens (tertiary/aromatic N) is 1. The first kappa shape index (κ1) is 6.31. The van der Waals surface area contributed by atoms with Crippen LogP contribution in [0.2, 0.25) is 0 Å². The van der Waals surface area contributed by atoms with Crippen LogP contribution in [-0.2, 0) is 0 Å². The van der Waals surface area contributed by atoms with Crippen molar-refractivity contribution in [3.63, 3.8) is 0 Å². The second kappa shape index (κ2) is 2.65. The molecule has 2 N–H and O–H groups in total. The molecule has 2 heteroatoms. The van der Waals surface area contributed by atoms with Crippen LogP contribution in [0.4, 0.5) is 0 Å². The SMILES string of the molecule is N#CC1=CCCCC1N. The van der Waals surface area contributed by atoms with Crippen molar-refractivity contribution in [3.05, 3.63) is 11.6 Å².